The monoisotopic (exact) mass is 296 g/mol. The Labute approximate surface area is 119 Å². The number of carbonyl (C=O) groups is 1. The van der Waals surface area contributed by atoms with Crippen molar-refractivity contribution in [1.82, 2.24) is 5.32 Å². The summed E-state index contributed by atoms with van der Waals surface area (Å²) >= 11 is 0. The number of rotatable bonds is 10. The maximum atomic E-state index is 11.9. The number of nitrogens with two attached hydrogens (primary N) is 1. The second-order valence-corrected chi connectivity index (χ2v) is 5.54. The highest BCUT2D eigenvalue weighted by molar-refractivity contribution is 5.75. The lowest BCUT2D eigenvalue weighted by Gasteiger charge is -2.19. The summed E-state index contributed by atoms with van der Waals surface area (Å²) in [5.74, 6) is 0.828. The molecule has 0 bridgehead atoms. The van der Waals surface area contributed by atoms with Crippen molar-refractivity contribution < 1.29 is 18.0 Å². The minimum atomic E-state index is -4.10. The highest BCUT2D eigenvalue weighted by Gasteiger charge is 2.25. The second kappa shape index (κ2) is 10.0. The minimum absolute atomic E-state index is 0.0611. The zero-order valence-corrected chi connectivity index (χ0v) is 12.4. The average Bonchev–Trinajstić information content (AvgIpc) is 2.32. The number of hydrogen-bond acceptors (Lipinski definition) is 2. The lowest BCUT2D eigenvalue weighted by atomic mass is 9.88. The Morgan fingerprint density at radius 1 is 1.20 bits per heavy atom. The molecule has 0 aromatic carbocycles. The summed E-state index contributed by atoms with van der Waals surface area (Å²) in [6.07, 6.45) is -2.36. The van der Waals surface area contributed by atoms with Gasteiger partial charge in [0.2, 0.25) is 5.91 Å². The fraction of sp³-hybridized carbons (Fsp3) is 0.929. The summed E-state index contributed by atoms with van der Waals surface area (Å²) < 4.78 is 35.7. The van der Waals surface area contributed by atoms with E-state index >= 15 is 0 Å². The SMILES string of the molecule is CC(C)C(CCN)CCC(=O)NCCCCC(F)(F)F. The molecule has 0 aliphatic carbocycles. The molecule has 3 nitrogen and oxygen atoms in total. The van der Waals surface area contributed by atoms with Crippen molar-refractivity contribution in [2.24, 2.45) is 17.6 Å². The van der Waals surface area contributed by atoms with Crippen molar-refractivity contribution in [3.05, 3.63) is 0 Å². The Balaban J connectivity index is 3.68. The molecule has 0 fully saturated rings. The molecule has 0 aliphatic heterocycles. The number of halogens is 3. The first-order chi connectivity index (χ1) is 9.26. The van der Waals surface area contributed by atoms with Crippen molar-refractivity contribution in [2.45, 2.75) is 58.5 Å². The molecule has 0 aromatic heterocycles. The van der Waals surface area contributed by atoms with Crippen molar-refractivity contribution in [3.63, 3.8) is 0 Å². The summed E-state index contributed by atoms with van der Waals surface area (Å²) in [7, 11) is 0. The van der Waals surface area contributed by atoms with E-state index in [1.54, 1.807) is 0 Å². The molecule has 0 radical (unpaired) electrons. The molecule has 6 heteroatoms. The van der Waals surface area contributed by atoms with Crippen LogP contribution in [0.2, 0.25) is 0 Å². The van der Waals surface area contributed by atoms with E-state index in [1.165, 1.54) is 0 Å². The van der Waals surface area contributed by atoms with Crippen molar-refractivity contribution in [1.29, 1.82) is 0 Å². The van der Waals surface area contributed by atoms with Gasteiger partial charge >= 0.3 is 6.18 Å². The van der Waals surface area contributed by atoms with Gasteiger partial charge in [-0.1, -0.05) is 13.8 Å². The predicted octanol–water partition coefficient (Wildman–Crippen LogP) is 3.24. The summed E-state index contributed by atoms with van der Waals surface area (Å²) in [5.41, 5.74) is 5.53. The van der Waals surface area contributed by atoms with Gasteiger partial charge in [0.05, 0.1) is 0 Å². The van der Waals surface area contributed by atoms with Crippen LogP contribution in [-0.2, 0) is 4.79 Å². The Hall–Kier alpha value is -0.780. The fourth-order valence-electron chi connectivity index (χ4n) is 2.11. The summed E-state index contributed by atoms with van der Waals surface area (Å²) in [4.78, 5) is 11.6. The van der Waals surface area contributed by atoms with Crippen molar-refractivity contribution in [3.8, 4) is 0 Å². The van der Waals surface area contributed by atoms with Crippen LogP contribution in [0.5, 0.6) is 0 Å². The molecule has 0 rings (SSSR count). The molecule has 0 saturated heterocycles. The van der Waals surface area contributed by atoms with Crippen molar-refractivity contribution >= 4 is 5.91 Å². The average molecular weight is 296 g/mol. The van der Waals surface area contributed by atoms with Gasteiger partial charge in [-0.2, -0.15) is 13.2 Å². The largest absolute Gasteiger partial charge is 0.389 e. The third kappa shape index (κ3) is 11.1. The first-order valence-electron chi connectivity index (χ1n) is 7.29. The lowest BCUT2D eigenvalue weighted by Crippen LogP contribution is -2.26. The van der Waals surface area contributed by atoms with Gasteiger partial charge in [0.25, 0.3) is 0 Å². The molecule has 1 atom stereocenters. The van der Waals surface area contributed by atoms with Crippen LogP contribution in [0.4, 0.5) is 13.2 Å². The highest BCUT2D eigenvalue weighted by atomic mass is 19.4. The Morgan fingerprint density at radius 3 is 2.35 bits per heavy atom. The minimum Gasteiger partial charge on any atom is -0.356 e. The van der Waals surface area contributed by atoms with Crippen LogP contribution in [-0.4, -0.2) is 25.2 Å². The second-order valence-electron chi connectivity index (χ2n) is 5.54. The van der Waals surface area contributed by atoms with Gasteiger partial charge in [-0.25, -0.2) is 0 Å². The molecule has 0 heterocycles. The first kappa shape index (κ1) is 19.2. The molecule has 0 aromatic rings. The number of hydrogen-bond donors (Lipinski definition) is 2. The smallest absolute Gasteiger partial charge is 0.356 e. The molecule has 0 aliphatic rings. The Kier molecular flexibility index (Phi) is 9.63. The summed E-state index contributed by atoms with van der Waals surface area (Å²) in [6.45, 7) is 5.14. The maximum absolute atomic E-state index is 11.9. The van der Waals surface area contributed by atoms with E-state index in [-0.39, 0.29) is 12.3 Å². The van der Waals surface area contributed by atoms with E-state index in [0.29, 0.717) is 37.8 Å². The molecule has 3 N–H and O–H groups in total. The Bertz CT molecular complexity index is 268. The van der Waals surface area contributed by atoms with Gasteiger partial charge in [-0.15, -0.1) is 0 Å². The fourth-order valence-corrected chi connectivity index (χ4v) is 2.11. The third-order valence-electron chi connectivity index (χ3n) is 3.43. The number of amides is 1. The van der Waals surface area contributed by atoms with Crippen LogP contribution >= 0.6 is 0 Å². The predicted molar refractivity (Wildman–Crippen MR) is 74.1 cm³/mol. The van der Waals surface area contributed by atoms with E-state index in [2.05, 4.69) is 19.2 Å². The number of nitrogens with one attached hydrogen (secondary N) is 1. The molecule has 20 heavy (non-hydrogen) atoms. The molecule has 0 spiro atoms. The quantitative estimate of drug-likeness (QED) is 0.608. The maximum Gasteiger partial charge on any atom is 0.389 e. The van der Waals surface area contributed by atoms with Gasteiger partial charge in [-0.05, 0) is 44.1 Å². The number of unbranched alkanes of at least 4 members (excludes halogenated alkanes) is 1. The van der Waals surface area contributed by atoms with E-state index in [0.717, 1.165) is 12.8 Å². The molecule has 0 saturated carbocycles. The molecular weight excluding hydrogens is 269 g/mol. The Morgan fingerprint density at radius 2 is 1.85 bits per heavy atom. The summed E-state index contributed by atoms with van der Waals surface area (Å²) in [6, 6.07) is 0. The van der Waals surface area contributed by atoms with E-state index < -0.39 is 12.6 Å². The molecule has 120 valence electrons. The van der Waals surface area contributed by atoms with Crippen LogP contribution < -0.4 is 11.1 Å². The zero-order chi connectivity index (χ0) is 15.6. The van der Waals surface area contributed by atoms with E-state index in [4.69, 9.17) is 5.73 Å². The molecular formula is C14H27F3N2O. The van der Waals surface area contributed by atoms with Gasteiger partial charge < -0.3 is 11.1 Å². The van der Waals surface area contributed by atoms with Crippen LogP contribution in [0.3, 0.4) is 0 Å². The normalized spacial score (nSPS) is 13.6. The standard InChI is InChI=1S/C14H27F3N2O/c1-11(2)12(7-9-18)5-6-13(20)19-10-4-3-8-14(15,16)17/h11-12H,3-10,18H2,1-2H3,(H,19,20). The number of alkyl halides is 3. The van der Waals surface area contributed by atoms with Gasteiger partial charge in [0.15, 0.2) is 0 Å². The van der Waals surface area contributed by atoms with Crippen LogP contribution in [0.25, 0.3) is 0 Å². The lowest BCUT2D eigenvalue weighted by molar-refractivity contribution is -0.135. The topological polar surface area (TPSA) is 55.1 Å². The van der Waals surface area contributed by atoms with Crippen LogP contribution in [0.15, 0.2) is 0 Å². The van der Waals surface area contributed by atoms with Gasteiger partial charge in [-0.3, -0.25) is 4.79 Å². The highest BCUT2D eigenvalue weighted by Crippen LogP contribution is 2.22. The number of carbonyl (C=O) groups excluding carboxylic acids is 1. The summed E-state index contributed by atoms with van der Waals surface area (Å²) in [5, 5.41) is 2.67. The third-order valence-corrected chi connectivity index (χ3v) is 3.43. The van der Waals surface area contributed by atoms with Crippen LogP contribution in [0, 0.1) is 11.8 Å². The molecule has 1 unspecified atom stereocenters. The van der Waals surface area contributed by atoms with Gasteiger partial charge in [0, 0.05) is 19.4 Å². The van der Waals surface area contributed by atoms with Crippen LogP contribution in [0.1, 0.15) is 52.4 Å². The molecule has 1 amide bonds. The van der Waals surface area contributed by atoms with E-state index in [1.807, 2.05) is 0 Å². The van der Waals surface area contributed by atoms with Gasteiger partial charge in [0.1, 0.15) is 0 Å². The zero-order valence-electron chi connectivity index (χ0n) is 12.4. The van der Waals surface area contributed by atoms with Crippen molar-refractivity contribution in [2.75, 3.05) is 13.1 Å². The van der Waals surface area contributed by atoms with E-state index in [9.17, 15) is 18.0 Å². The first-order valence-corrected chi connectivity index (χ1v) is 7.29.